The fraction of sp³-hybridized carbons (Fsp3) is 0.375. The van der Waals surface area contributed by atoms with Gasteiger partial charge in [0.15, 0.2) is 11.2 Å². The molecule has 0 N–H and O–H groups in total. The lowest BCUT2D eigenvalue weighted by molar-refractivity contribution is -0.120. The summed E-state index contributed by atoms with van der Waals surface area (Å²) in [5.41, 5.74) is -1.22. The molecule has 2 fully saturated rings. The first-order chi connectivity index (χ1) is 18.4. The monoisotopic (exact) mass is 513 g/mol. The Morgan fingerprint density at radius 3 is 2.63 bits per heavy atom. The van der Waals surface area contributed by atoms with Gasteiger partial charge >= 0.3 is 5.69 Å². The van der Waals surface area contributed by atoms with Gasteiger partial charge in [-0.25, -0.2) is 34.2 Å². The van der Waals surface area contributed by atoms with E-state index in [9.17, 15) is 14.4 Å². The summed E-state index contributed by atoms with van der Waals surface area (Å²) in [5.74, 6) is 2.07. The van der Waals surface area contributed by atoms with Gasteiger partial charge in [0.05, 0.1) is 12.4 Å². The van der Waals surface area contributed by atoms with Crippen molar-refractivity contribution in [2.45, 2.75) is 25.9 Å². The summed E-state index contributed by atoms with van der Waals surface area (Å²) in [5, 5.41) is 9.12. The molecule has 4 aromatic rings. The highest BCUT2D eigenvalue weighted by Gasteiger charge is 2.46. The number of rotatable bonds is 6. The first-order valence-corrected chi connectivity index (χ1v) is 12.1. The van der Waals surface area contributed by atoms with Crippen LogP contribution in [0.25, 0.3) is 11.2 Å². The predicted octanol–water partition coefficient (Wildman–Crippen LogP) is 0.382. The number of fused-ring (bicyclic) bond motifs is 2. The third-order valence-corrected chi connectivity index (χ3v) is 7.20. The molecule has 14 nitrogen and oxygen atoms in total. The Labute approximate surface area is 215 Å². The van der Waals surface area contributed by atoms with Crippen LogP contribution in [0.15, 0.2) is 46.8 Å². The van der Waals surface area contributed by atoms with Gasteiger partial charge in [-0.15, -0.1) is 0 Å². The molecule has 0 aromatic carbocycles. The largest absolute Gasteiger partial charge is 0.340 e. The third-order valence-electron chi connectivity index (χ3n) is 7.20. The molecule has 1 saturated heterocycles. The molecule has 1 saturated carbocycles. The second-order valence-electron chi connectivity index (χ2n) is 9.51. The molecule has 1 aliphatic heterocycles. The molecule has 0 bridgehead atoms. The fourth-order valence-electron chi connectivity index (χ4n) is 5.04. The number of aryl methyl sites for hydroxylation is 1. The van der Waals surface area contributed by atoms with E-state index in [-0.39, 0.29) is 11.2 Å². The predicted molar refractivity (Wildman–Crippen MR) is 135 cm³/mol. The summed E-state index contributed by atoms with van der Waals surface area (Å²) >= 11 is 0. The summed E-state index contributed by atoms with van der Waals surface area (Å²) in [6.45, 7) is 2.97. The van der Waals surface area contributed by atoms with Gasteiger partial charge in [-0.1, -0.05) is 0 Å². The lowest BCUT2D eigenvalue weighted by atomic mass is 10.2. The number of carbonyl (C=O) groups is 1. The molecule has 2 aliphatic rings. The molecule has 6 rings (SSSR count). The summed E-state index contributed by atoms with van der Waals surface area (Å²) in [6.07, 6.45) is 7.03. The molecule has 3 atom stereocenters. The van der Waals surface area contributed by atoms with E-state index in [2.05, 4.69) is 24.8 Å². The van der Waals surface area contributed by atoms with E-state index in [0.29, 0.717) is 29.4 Å². The molecule has 0 spiro atoms. The number of aromatic nitrogens is 8. The van der Waals surface area contributed by atoms with Crippen LogP contribution in [0.3, 0.4) is 0 Å². The molecular formula is C24H23N11O3. The number of nitrogens with zero attached hydrogens (tertiary/aromatic N) is 11. The third kappa shape index (κ3) is 3.71. The van der Waals surface area contributed by atoms with E-state index in [1.165, 1.54) is 46.4 Å². The lowest BCUT2D eigenvalue weighted by Crippen LogP contribution is -2.40. The zero-order valence-electron chi connectivity index (χ0n) is 20.7. The average Bonchev–Trinajstić information content (AvgIpc) is 3.32. The standard InChI is InChI=1S/C24H23N11O3/c1-14(34-13-29-20-19(34)22(37)33(8-5-25)24(38)31(20)2)21(36)35(17-3-6-26-12-28-17)18-4-7-27-23(30-18)32-10-15-9-16(15)11-32/h3-4,6-7,12-16H,8-11H2,1-2H3. The number of hydrogen-bond acceptors (Lipinski definition) is 10. The molecule has 192 valence electrons. The van der Waals surface area contributed by atoms with Crippen LogP contribution in [0.5, 0.6) is 0 Å². The van der Waals surface area contributed by atoms with Gasteiger partial charge in [0.2, 0.25) is 5.95 Å². The van der Waals surface area contributed by atoms with Gasteiger partial charge in [-0.2, -0.15) is 10.2 Å². The van der Waals surface area contributed by atoms with Gasteiger partial charge in [0.25, 0.3) is 11.5 Å². The van der Waals surface area contributed by atoms with Gasteiger partial charge < -0.3 is 9.47 Å². The van der Waals surface area contributed by atoms with E-state index in [1.807, 2.05) is 6.07 Å². The number of carbonyl (C=O) groups excluding carboxylic acids is 1. The topological polar surface area (TPSA) is 161 Å². The molecule has 38 heavy (non-hydrogen) atoms. The number of imidazole rings is 1. The van der Waals surface area contributed by atoms with E-state index >= 15 is 0 Å². The van der Waals surface area contributed by atoms with Crippen LogP contribution in [-0.4, -0.2) is 57.6 Å². The van der Waals surface area contributed by atoms with Gasteiger partial charge in [-0.3, -0.25) is 14.2 Å². The molecule has 14 heteroatoms. The number of hydrogen-bond donors (Lipinski definition) is 0. The van der Waals surface area contributed by atoms with Crippen molar-refractivity contribution in [1.82, 2.24) is 38.6 Å². The molecule has 4 aromatic heterocycles. The highest BCUT2D eigenvalue weighted by molar-refractivity contribution is 6.01. The fourth-order valence-corrected chi connectivity index (χ4v) is 5.04. The Balaban J connectivity index is 1.43. The number of nitriles is 1. The van der Waals surface area contributed by atoms with Crippen molar-refractivity contribution in [2.24, 2.45) is 18.9 Å². The van der Waals surface area contributed by atoms with Crippen LogP contribution in [0.2, 0.25) is 0 Å². The summed E-state index contributed by atoms with van der Waals surface area (Å²) in [7, 11) is 1.46. The summed E-state index contributed by atoms with van der Waals surface area (Å²) in [4.78, 5) is 64.9. The SMILES string of the molecule is CC(C(=O)N(c1ccncn1)c1ccnc(N2CC3CC3C2)n1)n1cnc2c1c(=O)n(CC#N)c(=O)n2C. The maximum absolute atomic E-state index is 14.1. The number of anilines is 3. The second-order valence-corrected chi connectivity index (χ2v) is 9.51. The number of piperidine rings is 1. The van der Waals surface area contributed by atoms with Crippen molar-refractivity contribution in [2.75, 3.05) is 22.9 Å². The van der Waals surface area contributed by atoms with Crippen molar-refractivity contribution in [3.8, 4) is 6.07 Å². The molecular weight excluding hydrogens is 490 g/mol. The van der Waals surface area contributed by atoms with Crippen LogP contribution in [0.1, 0.15) is 19.4 Å². The van der Waals surface area contributed by atoms with Crippen molar-refractivity contribution < 1.29 is 4.79 Å². The van der Waals surface area contributed by atoms with Crippen molar-refractivity contribution >= 4 is 34.7 Å². The highest BCUT2D eigenvalue weighted by atomic mass is 16.2. The zero-order valence-corrected chi connectivity index (χ0v) is 20.7. The van der Waals surface area contributed by atoms with Crippen LogP contribution >= 0.6 is 0 Å². The van der Waals surface area contributed by atoms with E-state index in [1.54, 1.807) is 25.3 Å². The summed E-state index contributed by atoms with van der Waals surface area (Å²) < 4.78 is 3.40. The molecule has 5 heterocycles. The minimum absolute atomic E-state index is 0.0329. The van der Waals surface area contributed by atoms with Gasteiger partial charge in [0, 0.05) is 38.6 Å². The lowest BCUT2D eigenvalue weighted by Gasteiger charge is -2.26. The Morgan fingerprint density at radius 1 is 1.16 bits per heavy atom. The van der Waals surface area contributed by atoms with Gasteiger partial charge in [0.1, 0.15) is 30.5 Å². The summed E-state index contributed by atoms with van der Waals surface area (Å²) in [6, 6.07) is 4.10. The normalized spacial score (nSPS) is 18.7. The smallest absolute Gasteiger partial charge is 0.333 e. The molecule has 3 unspecified atom stereocenters. The molecule has 0 radical (unpaired) electrons. The maximum Gasteiger partial charge on any atom is 0.333 e. The Morgan fingerprint density at radius 2 is 1.92 bits per heavy atom. The zero-order chi connectivity index (χ0) is 26.6. The number of amides is 1. The van der Waals surface area contributed by atoms with E-state index in [4.69, 9.17) is 10.2 Å². The quantitative estimate of drug-likeness (QED) is 0.352. The van der Waals surface area contributed by atoms with Crippen molar-refractivity contribution in [1.29, 1.82) is 5.26 Å². The molecule has 1 amide bonds. The second kappa shape index (κ2) is 8.87. The van der Waals surface area contributed by atoms with Crippen LogP contribution in [0.4, 0.5) is 17.6 Å². The highest BCUT2D eigenvalue weighted by Crippen LogP contribution is 2.45. The van der Waals surface area contributed by atoms with Crippen molar-refractivity contribution in [3.05, 3.63) is 58.0 Å². The van der Waals surface area contributed by atoms with Crippen molar-refractivity contribution in [3.63, 3.8) is 0 Å². The average molecular weight is 514 g/mol. The van der Waals surface area contributed by atoms with E-state index in [0.717, 1.165) is 17.7 Å². The maximum atomic E-state index is 14.1. The van der Waals surface area contributed by atoms with Crippen LogP contribution in [0, 0.1) is 23.2 Å². The van der Waals surface area contributed by atoms with Crippen LogP contribution < -0.4 is 21.0 Å². The Bertz CT molecular complexity index is 1710. The minimum atomic E-state index is -0.950. The minimum Gasteiger partial charge on any atom is -0.340 e. The Hall–Kier alpha value is -4.93. The molecule has 1 aliphatic carbocycles. The Kier molecular flexibility index (Phi) is 5.48. The first kappa shape index (κ1) is 23.5. The van der Waals surface area contributed by atoms with Gasteiger partial charge in [-0.05, 0) is 31.2 Å². The van der Waals surface area contributed by atoms with Crippen LogP contribution in [-0.2, 0) is 18.4 Å². The first-order valence-electron chi connectivity index (χ1n) is 12.1. The van der Waals surface area contributed by atoms with E-state index < -0.39 is 29.7 Å².